The third-order valence-electron chi connectivity index (χ3n) is 3.42. The zero-order valence-corrected chi connectivity index (χ0v) is 13.5. The van der Waals surface area contributed by atoms with Crippen LogP contribution >= 0.6 is 15.9 Å². The van der Waals surface area contributed by atoms with E-state index < -0.39 is 11.4 Å². The molecule has 0 saturated heterocycles. The Morgan fingerprint density at radius 2 is 1.81 bits per heavy atom. The van der Waals surface area contributed by atoms with Crippen molar-refractivity contribution in [2.45, 2.75) is 12.5 Å². The molecule has 5 heteroatoms. The zero-order chi connectivity index (χ0) is 15.5. The van der Waals surface area contributed by atoms with Crippen molar-refractivity contribution in [3.05, 3.63) is 58.6 Å². The Morgan fingerprint density at radius 3 is 2.33 bits per heavy atom. The van der Waals surface area contributed by atoms with Crippen molar-refractivity contribution in [3.8, 4) is 5.75 Å². The van der Waals surface area contributed by atoms with E-state index in [-0.39, 0.29) is 0 Å². The number of primary amides is 1. The summed E-state index contributed by atoms with van der Waals surface area (Å²) >= 11 is 3.46. The minimum Gasteiger partial charge on any atom is -0.497 e. The average Bonchev–Trinajstić information content (AvgIpc) is 2.49. The van der Waals surface area contributed by atoms with Gasteiger partial charge in [-0.3, -0.25) is 4.79 Å². The van der Waals surface area contributed by atoms with E-state index in [1.165, 1.54) is 0 Å². The number of para-hydroxylation sites is 1. The number of halogens is 1. The molecule has 0 spiro atoms. The summed E-state index contributed by atoms with van der Waals surface area (Å²) in [5, 5.41) is 3.21. The Bertz CT molecular complexity index is 643. The molecule has 0 saturated carbocycles. The lowest BCUT2D eigenvalue weighted by Crippen LogP contribution is -2.45. The molecule has 2 aromatic carbocycles. The number of nitrogens with one attached hydrogen (secondary N) is 1. The zero-order valence-electron chi connectivity index (χ0n) is 11.9. The van der Waals surface area contributed by atoms with Crippen molar-refractivity contribution in [2.75, 3.05) is 12.4 Å². The normalized spacial score (nSPS) is 13.3. The molecule has 3 N–H and O–H groups in total. The molecule has 0 aliphatic carbocycles. The number of hydrogen-bond acceptors (Lipinski definition) is 3. The van der Waals surface area contributed by atoms with Crippen molar-refractivity contribution < 1.29 is 9.53 Å². The first kappa shape index (κ1) is 15.4. The molecule has 21 heavy (non-hydrogen) atoms. The van der Waals surface area contributed by atoms with Crippen LogP contribution in [0.25, 0.3) is 0 Å². The number of benzene rings is 2. The molecular weight excluding hydrogens is 332 g/mol. The van der Waals surface area contributed by atoms with Crippen LogP contribution in [0.4, 0.5) is 5.69 Å². The van der Waals surface area contributed by atoms with Gasteiger partial charge in [-0.15, -0.1) is 0 Å². The average molecular weight is 349 g/mol. The van der Waals surface area contributed by atoms with Crippen LogP contribution in [0.15, 0.2) is 53.0 Å². The van der Waals surface area contributed by atoms with Crippen molar-refractivity contribution in [2.24, 2.45) is 5.73 Å². The van der Waals surface area contributed by atoms with E-state index in [2.05, 4.69) is 21.2 Å². The van der Waals surface area contributed by atoms with Crippen molar-refractivity contribution in [1.29, 1.82) is 0 Å². The van der Waals surface area contributed by atoms with Crippen LogP contribution < -0.4 is 15.8 Å². The lowest BCUT2D eigenvalue weighted by atomic mass is 9.90. The molecule has 0 fully saturated rings. The number of rotatable bonds is 5. The number of amides is 1. The molecule has 110 valence electrons. The Labute approximate surface area is 132 Å². The molecule has 0 heterocycles. The fraction of sp³-hybridized carbons (Fsp3) is 0.188. The largest absolute Gasteiger partial charge is 0.497 e. The number of hydrogen-bond donors (Lipinski definition) is 2. The smallest absolute Gasteiger partial charge is 0.247 e. The minimum atomic E-state index is -1.02. The van der Waals surface area contributed by atoms with E-state index in [9.17, 15) is 4.79 Å². The highest BCUT2D eigenvalue weighted by Gasteiger charge is 2.33. The molecule has 1 atom stereocenters. The first-order chi connectivity index (χ1) is 9.97. The maximum Gasteiger partial charge on any atom is 0.247 e. The van der Waals surface area contributed by atoms with Crippen LogP contribution in [0.5, 0.6) is 5.75 Å². The highest BCUT2D eigenvalue weighted by atomic mass is 79.9. The van der Waals surface area contributed by atoms with Gasteiger partial charge in [-0.25, -0.2) is 0 Å². The highest BCUT2D eigenvalue weighted by Crippen LogP contribution is 2.31. The molecule has 0 bridgehead atoms. The van der Waals surface area contributed by atoms with Crippen molar-refractivity contribution in [1.82, 2.24) is 0 Å². The first-order valence-corrected chi connectivity index (χ1v) is 7.24. The Kier molecular flexibility index (Phi) is 4.53. The van der Waals surface area contributed by atoms with Crippen molar-refractivity contribution in [3.63, 3.8) is 0 Å². The summed E-state index contributed by atoms with van der Waals surface area (Å²) in [7, 11) is 1.60. The van der Waals surface area contributed by atoms with Crippen LogP contribution in [0.1, 0.15) is 12.5 Å². The number of nitrogens with two attached hydrogens (primary N) is 1. The quantitative estimate of drug-likeness (QED) is 0.871. The molecule has 0 aromatic heterocycles. The van der Waals surface area contributed by atoms with Gasteiger partial charge in [0.1, 0.15) is 11.3 Å². The van der Waals surface area contributed by atoms with Gasteiger partial charge in [-0.1, -0.05) is 24.3 Å². The fourth-order valence-electron chi connectivity index (χ4n) is 2.03. The minimum absolute atomic E-state index is 0.455. The SMILES string of the molecule is COc1ccc(C(C)(Nc2ccccc2Br)C(N)=O)cc1. The van der Waals surface area contributed by atoms with Gasteiger partial charge in [-0.05, 0) is 52.7 Å². The first-order valence-electron chi connectivity index (χ1n) is 6.44. The number of carbonyl (C=O) groups is 1. The maximum atomic E-state index is 12.0. The molecule has 0 radical (unpaired) electrons. The molecular formula is C16H17BrN2O2. The number of carbonyl (C=O) groups excluding carboxylic acids is 1. The van der Waals surface area contributed by atoms with Crippen LogP contribution in [0, 0.1) is 0 Å². The topological polar surface area (TPSA) is 64.3 Å². The summed E-state index contributed by atoms with van der Waals surface area (Å²) in [6.07, 6.45) is 0. The predicted octanol–water partition coefficient (Wildman–Crippen LogP) is 3.27. The molecule has 0 aliphatic rings. The summed E-state index contributed by atoms with van der Waals surface area (Å²) in [5.41, 5.74) is 6.18. The van der Waals surface area contributed by atoms with Crippen molar-refractivity contribution >= 4 is 27.5 Å². The van der Waals surface area contributed by atoms with Gasteiger partial charge in [0.25, 0.3) is 0 Å². The Hall–Kier alpha value is -2.01. The van der Waals surface area contributed by atoms with Gasteiger partial charge in [0.05, 0.1) is 7.11 Å². The predicted molar refractivity (Wildman–Crippen MR) is 87.3 cm³/mol. The van der Waals surface area contributed by atoms with E-state index in [0.717, 1.165) is 21.5 Å². The van der Waals surface area contributed by atoms with Gasteiger partial charge in [0.2, 0.25) is 5.91 Å². The number of ether oxygens (including phenoxy) is 1. The lowest BCUT2D eigenvalue weighted by Gasteiger charge is -2.29. The van der Waals surface area contributed by atoms with E-state index in [4.69, 9.17) is 10.5 Å². The van der Waals surface area contributed by atoms with Crippen LogP contribution in [-0.4, -0.2) is 13.0 Å². The second kappa shape index (κ2) is 6.18. The Morgan fingerprint density at radius 1 is 1.19 bits per heavy atom. The second-order valence-electron chi connectivity index (χ2n) is 4.82. The molecule has 1 unspecified atom stereocenters. The van der Waals surface area contributed by atoms with E-state index >= 15 is 0 Å². The standard InChI is InChI=1S/C16H17BrN2O2/c1-16(15(18)20,11-7-9-12(21-2)10-8-11)19-14-6-4-3-5-13(14)17/h3-10,19H,1-2H3,(H2,18,20). The molecule has 1 amide bonds. The van der Waals surface area contributed by atoms with Gasteiger partial charge in [0.15, 0.2) is 0 Å². The summed E-state index contributed by atoms with van der Waals surface area (Å²) in [4.78, 5) is 12.0. The molecule has 2 aromatic rings. The van der Waals surface area contributed by atoms with Crippen LogP contribution in [0.2, 0.25) is 0 Å². The summed E-state index contributed by atoms with van der Waals surface area (Å²) in [6, 6.07) is 14.8. The number of anilines is 1. The molecule has 0 aliphatic heterocycles. The van der Waals surface area contributed by atoms with Gasteiger partial charge in [-0.2, -0.15) is 0 Å². The Balaban J connectivity index is 2.40. The van der Waals surface area contributed by atoms with Gasteiger partial charge in [0, 0.05) is 10.2 Å². The summed E-state index contributed by atoms with van der Waals surface area (Å²) in [6.45, 7) is 1.76. The lowest BCUT2D eigenvalue weighted by molar-refractivity contribution is -0.122. The van der Waals surface area contributed by atoms with Crippen LogP contribution in [-0.2, 0) is 10.3 Å². The molecule has 2 rings (SSSR count). The van der Waals surface area contributed by atoms with Gasteiger partial charge < -0.3 is 15.8 Å². The number of methoxy groups -OCH3 is 1. The van der Waals surface area contributed by atoms with Gasteiger partial charge >= 0.3 is 0 Å². The summed E-state index contributed by atoms with van der Waals surface area (Å²) in [5.74, 6) is 0.273. The van der Waals surface area contributed by atoms with E-state index in [0.29, 0.717) is 0 Å². The molecule has 4 nitrogen and oxygen atoms in total. The highest BCUT2D eigenvalue weighted by molar-refractivity contribution is 9.10. The maximum absolute atomic E-state index is 12.0. The second-order valence-corrected chi connectivity index (χ2v) is 5.68. The van der Waals surface area contributed by atoms with E-state index in [1.807, 2.05) is 36.4 Å². The summed E-state index contributed by atoms with van der Waals surface area (Å²) < 4.78 is 6.00. The fourth-order valence-corrected chi connectivity index (χ4v) is 2.42. The third kappa shape index (κ3) is 3.19. The van der Waals surface area contributed by atoms with E-state index in [1.54, 1.807) is 26.2 Å². The van der Waals surface area contributed by atoms with Crippen LogP contribution in [0.3, 0.4) is 0 Å². The third-order valence-corrected chi connectivity index (χ3v) is 4.11. The monoisotopic (exact) mass is 348 g/mol.